The summed E-state index contributed by atoms with van der Waals surface area (Å²) in [6.45, 7) is 4.12. The molecule has 0 aromatic carbocycles. The molecule has 1 heterocycles. The van der Waals surface area contributed by atoms with Crippen LogP contribution in [0.3, 0.4) is 0 Å². The second kappa shape index (κ2) is 3.00. The van der Waals surface area contributed by atoms with Crippen molar-refractivity contribution in [2.75, 3.05) is 0 Å². The third kappa shape index (κ3) is 1.77. The van der Waals surface area contributed by atoms with Gasteiger partial charge < -0.3 is 10.7 Å². The molecule has 0 saturated heterocycles. The van der Waals surface area contributed by atoms with Crippen molar-refractivity contribution in [3.05, 3.63) is 17.7 Å². The maximum absolute atomic E-state index is 5.39. The summed E-state index contributed by atoms with van der Waals surface area (Å²) < 4.78 is 0. The highest BCUT2D eigenvalue weighted by molar-refractivity contribution is 7.80. The van der Waals surface area contributed by atoms with E-state index in [2.05, 4.69) is 23.8 Å². The molecular weight excluding hydrogens is 158 g/mol. The van der Waals surface area contributed by atoms with E-state index in [4.69, 9.17) is 18.0 Å². The van der Waals surface area contributed by atoms with Gasteiger partial charge >= 0.3 is 0 Å². The van der Waals surface area contributed by atoms with Crippen LogP contribution in [-0.2, 0) is 0 Å². The third-order valence-corrected chi connectivity index (χ3v) is 1.63. The summed E-state index contributed by atoms with van der Waals surface area (Å²) in [5.74, 6) is 1.31. The van der Waals surface area contributed by atoms with Gasteiger partial charge in [0.2, 0.25) is 0 Å². The Bertz CT molecular complexity index is 264. The van der Waals surface area contributed by atoms with E-state index in [0.29, 0.717) is 10.9 Å². The molecule has 0 aliphatic carbocycles. The number of nitrogens with zero attached hydrogens (tertiary/aromatic N) is 1. The van der Waals surface area contributed by atoms with Crippen LogP contribution < -0.4 is 5.73 Å². The van der Waals surface area contributed by atoms with Gasteiger partial charge in [0.25, 0.3) is 0 Å². The molecule has 0 saturated carbocycles. The monoisotopic (exact) mass is 169 g/mol. The van der Waals surface area contributed by atoms with Crippen molar-refractivity contribution < 1.29 is 0 Å². The SMILES string of the molecule is CC(C)c1ncc(C(N)=S)[nH]1. The van der Waals surface area contributed by atoms with Gasteiger partial charge in [-0.1, -0.05) is 26.1 Å². The molecule has 1 rings (SSSR count). The van der Waals surface area contributed by atoms with Crippen LogP contribution in [0.4, 0.5) is 0 Å². The Labute approximate surface area is 71.0 Å². The fourth-order valence-corrected chi connectivity index (χ4v) is 0.859. The van der Waals surface area contributed by atoms with Crippen LogP contribution in [0, 0.1) is 0 Å². The number of aromatic nitrogens is 2. The second-order valence-electron chi connectivity index (χ2n) is 2.70. The lowest BCUT2D eigenvalue weighted by Gasteiger charge is -1.97. The smallest absolute Gasteiger partial charge is 0.122 e. The van der Waals surface area contributed by atoms with Crippen molar-refractivity contribution in [1.82, 2.24) is 9.97 Å². The predicted octanol–water partition coefficient (Wildman–Crippen LogP) is 1.17. The highest BCUT2D eigenvalue weighted by Gasteiger charge is 2.04. The van der Waals surface area contributed by atoms with Gasteiger partial charge in [-0.15, -0.1) is 0 Å². The molecule has 3 nitrogen and oxygen atoms in total. The quantitative estimate of drug-likeness (QED) is 0.653. The summed E-state index contributed by atoms with van der Waals surface area (Å²) in [6.07, 6.45) is 1.66. The fraction of sp³-hybridized carbons (Fsp3) is 0.429. The molecule has 0 unspecified atom stereocenters. The van der Waals surface area contributed by atoms with Gasteiger partial charge in [0.05, 0.1) is 11.9 Å². The number of thiocarbonyl (C=S) groups is 1. The van der Waals surface area contributed by atoms with E-state index in [1.165, 1.54) is 0 Å². The van der Waals surface area contributed by atoms with Crippen molar-refractivity contribution in [3.8, 4) is 0 Å². The molecule has 0 amide bonds. The Morgan fingerprint density at radius 1 is 1.73 bits per heavy atom. The van der Waals surface area contributed by atoms with Crippen LogP contribution in [0.1, 0.15) is 31.3 Å². The molecule has 0 aliphatic heterocycles. The van der Waals surface area contributed by atoms with Crippen LogP contribution in [0.15, 0.2) is 6.20 Å². The summed E-state index contributed by atoms with van der Waals surface area (Å²) in [6, 6.07) is 0. The molecule has 0 atom stereocenters. The summed E-state index contributed by atoms with van der Waals surface area (Å²) in [4.78, 5) is 7.51. The average molecular weight is 169 g/mol. The van der Waals surface area contributed by atoms with Crippen LogP contribution in [0.25, 0.3) is 0 Å². The van der Waals surface area contributed by atoms with Gasteiger partial charge in [0, 0.05) is 5.92 Å². The van der Waals surface area contributed by atoms with Crippen LogP contribution in [-0.4, -0.2) is 15.0 Å². The first-order valence-electron chi connectivity index (χ1n) is 3.46. The first-order chi connectivity index (χ1) is 5.11. The molecule has 0 bridgehead atoms. The second-order valence-corrected chi connectivity index (χ2v) is 3.14. The number of H-pyrrole nitrogens is 1. The highest BCUT2D eigenvalue weighted by Crippen LogP contribution is 2.08. The van der Waals surface area contributed by atoms with Crippen molar-refractivity contribution in [2.24, 2.45) is 5.73 Å². The lowest BCUT2D eigenvalue weighted by molar-refractivity contribution is 0.794. The van der Waals surface area contributed by atoms with E-state index in [9.17, 15) is 0 Å². The number of hydrogen-bond acceptors (Lipinski definition) is 2. The molecule has 1 aromatic rings. The maximum Gasteiger partial charge on any atom is 0.122 e. The van der Waals surface area contributed by atoms with Gasteiger partial charge in [0.15, 0.2) is 0 Å². The molecule has 4 heteroatoms. The maximum atomic E-state index is 5.39. The van der Waals surface area contributed by atoms with Gasteiger partial charge in [-0.05, 0) is 0 Å². The van der Waals surface area contributed by atoms with E-state index < -0.39 is 0 Å². The Hall–Kier alpha value is -0.900. The van der Waals surface area contributed by atoms with Crippen molar-refractivity contribution in [1.29, 1.82) is 0 Å². The van der Waals surface area contributed by atoms with Crippen LogP contribution >= 0.6 is 12.2 Å². The van der Waals surface area contributed by atoms with E-state index in [-0.39, 0.29) is 0 Å². The van der Waals surface area contributed by atoms with Gasteiger partial charge in [-0.3, -0.25) is 0 Å². The molecule has 0 radical (unpaired) electrons. The molecule has 0 fully saturated rings. The van der Waals surface area contributed by atoms with E-state index in [1.54, 1.807) is 6.20 Å². The Balaban J connectivity index is 2.90. The molecule has 1 aromatic heterocycles. The molecule has 11 heavy (non-hydrogen) atoms. The van der Waals surface area contributed by atoms with Crippen molar-refractivity contribution in [2.45, 2.75) is 19.8 Å². The zero-order valence-corrected chi connectivity index (χ0v) is 7.40. The highest BCUT2D eigenvalue weighted by atomic mass is 32.1. The summed E-state index contributed by atoms with van der Waals surface area (Å²) >= 11 is 4.77. The molecule has 0 aliphatic rings. The van der Waals surface area contributed by atoms with Crippen LogP contribution in [0.5, 0.6) is 0 Å². The molecular formula is C7H11N3S. The third-order valence-electron chi connectivity index (χ3n) is 1.41. The van der Waals surface area contributed by atoms with Crippen LogP contribution in [0.2, 0.25) is 0 Å². The average Bonchev–Trinajstić information content (AvgIpc) is 2.33. The normalized spacial score (nSPS) is 10.5. The lowest BCUT2D eigenvalue weighted by atomic mass is 10.2. The zero-order chi connectivity index (χ0) is 8.43. The number of hydrogen-bond donors (Lipinski definition) is 2. The first kappa shape index (κ1) is 8.20. The minimum atomic E-state index is 0.365. The minimum absolute atomic E-state index is 0.365. The Morgan fingerprint density at radius 3 is 2.64 bits per heavy atom. The van der Waals surface area contributed by atoms with E-state index in [1.807, 2.05) is 0 Å². The number of aromatic amines is 1. The van der Waals surface area contributed by atoms with Gasteiger partial charge in [-0.25, -0.2) is 4.98 Å². The standard InChI is InChI=1S/C7H11N3S/c1-4(2)7-9-3-5(10-7)6(8)11/h3-4H,1-2H3,(H2,8,11)(H,9,10). The topological polar surface area (TPSA) is 54.7 Å². The largest absolute Gasteiger partial charge is 0.388 e. The number of rotatable bonds is 2. The first-order valence-corrected chi connectivity index (χ1v) is 3.86. The lowest BCUT2D eigenvalue weighted by Crippen LogP contribution is -2.09. The Kier molecular flexibility index (Phi) is 2.24. The van der Waals surface area contributed by atoms with Crippen molar-refractivity contribution >= 4 is 17.2 Å². The summed E-state index contributed by atoms with van der Waals surface area (Å²) in [5, 5.41) is 0. The summed E-state index contributed by atoms with van der Waals surface area (Å²) in [7, 11) is 0. The van der Waals surface area contributed by atoms with Gasteiger partial charge in [-0.2, -0.15) is 0 Å². The number of nitrogens with two attached hydrogens (primary N) is 1. The molecule has 0 spiro atoms. The number of imidazole rings is 1. The molecule has 60 valence electrons. The Morgan fingerprint density at radius 2 is 2.36 bits per heavy atom. The summed E-state index contributed by atoms with van der Waals surface area (Å²) in [5.41, 5.74) is 6.13. The van der Waals surface area contributed by atoms with E-state index >= 15 is 0 Å². The predicted molar refractivity (Wildman–Crippen MR) is 48.6 cm³/mol. The van der Waals surface area contributed by atoms with Crippen molar-refractivity contribution in [3.63, 3.8) is 0 Å². The fourth-order valence-electron chi connectivity index (χ4n) is 0.755. The minimum Gasteiger partial charge on any atom is -0.388 e. The van der Waals surface area contributed by atoms with Gasteiger partial charge in [0.1, 0.15) is 10.8 Å². The zero-order valence-electron chi connectivity index (χ0n) is 6.59. The van der Waals surface area contributed by atoms with E-state index in [0.717, 1.165) is 11.5 Å². The number of nitrogens with one attached hydrogen (secondary N) is 1. The molecule has 3 N–H and O–H groups in total.